The highest BCUT2D eigenvalue weighted by molar-refractivity contribution is 7.80. The van der Waals surface area contributed by atoms with Crippen molar-refractivity contribution < 1.29 is 26.7 Å². The zero-order valence-corrected chi connectivity index (χ0v) is 10.0. The van der Waals surface area contributed by atoms with E-state index in [9.17, 15) is 26.7 Å². The third kappa shape index (κ3) is 3.16. The first-order valence-electron chi connectivity index (χ1n) is 4.85. The Morgan fingerprint density at radius 3 is 1.84 bits per heavy atom. The molecule has 9 heteroatoms. The average molecular weight is 298 g/mol. The zero-order valence-electron chi connectivity index (χ0n) is 9.20. The summed E-state index contributed by atoms with van der Waals surface area (Å²) in [6.45, 7) is -0.187. The van der Waals surface area contributed by atoms with Crippen LogP contribution in [0.5, 0.6) is 0 Å². The summed E-state index contributed by atoms with van der Waals surface area (Å²) in [7, 11) is 0. The molecule has 1 aromatic rings. The molecule has 1 amide bonds. The van der Waals surface area contributed by atoms with Crippen LogP contribution in [0.15, 0.2) is 0 Å². The van der Waals surface area contributed by atoms with E-state index in [1.807, 2.05) is 5.32 Å². The largest absolute Gasteiger partial charge is 0.393 e. The molecule has 3 N–H and O–H groups in total. The number of carbonyl (C=O) groups excluding carboxylic acids is 1. The maximum atomic E-state index is 13.2. The van der Waals surface area contributed by atoms with Crippen molar-refractivity contribution in [2.75, 3.05) is 6.54 Å². The van der Waals surface area contributed by atoms with Crippen LogP contribution in [-0.4, -0.2) is 17.4 Å². The van der Waals surface area contributed by atoms with Gasteiger partial charge in [-0.15, -0.1) is 0 Å². The number of nitrogens with two attached hydrogens (primary N) is 1. The summed E-state index contributed by atoms with van der Waals surface area (Å²) >= 11 is 4.48. The average Bonchev–Trinajstić information content (AvgIpc) is 2.34. The van der Waals surface area contributed by atoms with Gasteiger partial charge in [0.1, 0.15) is 5.56 Å². The fourth-order valence-corrected chi connectivity index (χ4v) is 1.29. The molecule has 0 saturated carbocycles. The van der Waals surface area contributed by atoms with Crippen LogP contribution in [0.25, 0.3) is 0 Å². The van der Waals surface area contributed by atoms with Gasteiger partial charge in [-0.25, -0.2) is 22.0 Å². The van der Waals surface area contributed by atoms with Crippen LogP contribution >= 0.6 is 12.2 Å². The lowest BCUT2D eigenvalue weighted by atomic mass is 10.1. The molecule has 0 fully saturated rings. The van der Waals surface area contributed by atoms with Crippen molar-refractivity contribution in [2.24, 2.45) is 5.73 Å². The van der Waals surface area contributed by atoms with Gasteiger partial charge < -0.3 is 11.1 Å². The molecule has 0 unspecified atom stereocenters. The molecule has 0 aliphatic carbocycles. The maximum Gasteiger partial charge on any atom is 0.257 e. The highest BCUT2D eigenvalue weighted by atomic mass is 32.1. The van der Waals surface area contributed by atoms with Gasteiger partial charge in [-0.1, -0.05) is 12.2 Å². The van der Waals surface area contributed by atoms with E-state index in [0.29, 0.717) is 0 Å². The van der Waals surface area contributed by atoms with Crippen LogP contribution < -0.4 is 11.1 Å². The predicted octanol–water partition coefficient (Wildman–Crippen LogP) is 1.79. The van der Waals surface area contributed by atoms with Crippen molar-refractivity contribution in [3.63, 3.8) is 0 Å². The second-order valence-corrected chi connectivity index (χ2v) is 3.94. The maximum absolute atomic E-state index is 13.2. The summed E-state index contributed by atoms with van der Waals surface area (Å²) in [6, 6.07) is 0. The summed E-state index contributed by atoms with van der Waals surface area (Å²) in [5, 5.41) is 1.94. The number of halogens is 5. The van der Waals surface area contributed by atoms with Crippen LogP contribution in [-0.2, 0) is 0 Å². The molecule has 0 bridgehead atoms. The molecule has 0 spiro atoms. The van der Waals surface area contributed by atoms with Gasteiger partial charge in [-0.2, -0.15) is 0 Å². The number of carbonyl (C=O) groups is 1. The van der Waals surface area contributed by atoms with Gasteiger partial charge in [0.25, 0.3) is 5.91 Å². The van der Waals surface area contributed by atoms with Crippen molar-refractivity contribution >= 4 is 23.1 Å². The van der Waals surface area contributed by atoms with E-state index in [1.165, 1.54) is 0 Å². The molecular formula is C10H7F5N2OS. The molecule has 104 valence electrons. The molecule has 0 heterocycles. The summed E-state index contributed by atoms with van der Waals surface area (Å²) in [4.78, 5) is 11.4. The number of rotatable bonds is 4. The van der Waals surface area contributed by atoms with Crippen molar-refractivity contribution in [3.05, 3.63) is 34.6 Å². The van der Waals surface area contributed by atoms with E-state index in [4.69, 9.17) is 5.73 Å². The molecule has 1 rings (SSSR count). The summed E-state index contributed by atoms with van der Waals surface area (Å²) in [5.74, 6) is -12.5. The Balaban J connectivity index is 3.07. The minimum Gasteiger partial charge on any atom is -0.393 e. The molecule has 1 aromatic carbocycles. The molecule has 19 heavy (non-hydrogen) atoms. The number of nitrogens with one attached hydrogen (secondary N) is 1. The first kappa shape index (κ1) is 15.3. The van der Waals surface area contributed by atoms with Crippen molar-refractivity contribution in [1.29, 1.82) is 0 Å². The Labute approximate surface area is 109 Å². The number of amides is 1. The van der Waals surface area contributed by atoms with Crippen molar-refractivity contribution in [3.8, 4) is 0 Å². The summed E-state index contributed by atoms with van der Waals surface area (Å²) < 4.78 is 64.8. The third-order valence-corrected chi connectivity index (χ3v) is 2.30. The molecule has 0 atom stereocenters. The first-order valence-corrected chi connectivity index (χ1v) is 5.26. The lowest BCUT2D eigenvalue weighted by Crippen LogP contribution is -2.29. The number of benzene rings is 1. The standard InChI is InChI=1S/C10H7F5N2OS/c11-5-4(10(18)17-2-1-3(16)19)6(12)8(14)9(15)7(5)13/h1-2H2,(H2,16,19)(H,17,18). The van der Waals surface area contributed by atoms with Gasteiger partial charge in [-0.3, -0.25) is 4.79 Å². The van der Waals surface area contributed by atoms with Crippen molar-refractivity contribution in [2.45, 2.75) is 6.42 Å². The highest BCUT2D eigenvalue weighted by Gasteiger charge is 2.29. The molecule has 0 aliphatic rings. The van der Waals surface area contributed by atoms with Crippen LogP contribution in [0.4, 0.5) is 22.0 Å². The topological polar surface area (TPSA) is 55.1 Å². The smallest absolute Gasteiger partial charge is 0.257 e. The van der Waals surface area contributed by atoms with E-state index < -0.39 is 40.6 Å². The zero-order chi connectivity index (χ0) is 14.7. The number of thiocarbonyl (C=S) groups is 1. The monoisotopic (exact) mass is 298 g/mol. The quantitative estimate of drug-likeness (QED) is 0.386. The first-order chi connectivity index (χ1) is 8.77. The Kier molecular flexibility index (Phi) is 4.76. The fraction of sp³-hybridized carbons (Fsp3) is 0.200. The molecule has 0 aromatic heterocycles. The van der Waals surface area contributed by atoms with E-state index >= 15 is 0 Å². The Bertz CT molecular complexity index is 520. The normalized spacial score (nSPS) is 10.4. The summed E-state index contributed by atoms with van der Waals surface area (Å²) in [6.07, 6.45) is 0.0243. The second-order valence-electron chi connectivity index (χ2n) is 3.42. The van der Waals surface area contributed by atoms with E-state index in [-0.39, 0.29) is 18.0 Å². The van der Waals surface area contributed by atoms with Gasteiger partial charge >= 0.3 is 0 Å². The molecule has 3 nitrogen and oxygen atoms in total. The molecule has 0 aliphatic heterocycles. The minimum absolute atomic E-state index is 0.0243. The molecule has 0 radical (unpaired) electrons. The minimum atomic E-state index is -2.32. The van der Waals surface area contributed by atoms with E-state index in [0.717, 1.165) is 0 Å². The van der Waals surface area contributed by atoms with Crippen LogP contribution in [0.1, 0.15) is 16.8 Å². The fourth-order valence-electron chi connectivity index (χ4n) is 1.19. The number of hydrogen-bond acceptors (Lipinski definition) is 2. The highest BCUT2D eigenvalue weighted by Crippen LogP contribution is 2.22. The third-order valence-electron chi connectivity index (χ3n) is 2.09. The Hall–Kier alpha value is -1.77. The van der Waals surface area contributed by atoms with Gasteiger partial charge in [0.05, 0.1) is 4.99 Å². The van der Waals surface area contributed by atoms with Gasteiger partial charge in [-0.05, 0) is 0 Å². The van der Waals surface area contributed by atoms with E-state index in [1.54, 1.807) is 0 Å². The number of hydrogen-bond donors (Lipinski definition) is 2. The van der Waals surface area contributed by atoms with Gasteiger partial charge in [0.15, 0.2) is 23.3 Å². The van der Waals surface area contributed by atoms with Gasteiger partial charge in [0.2, 0.25) is 5.82 Å². The van der Waals surface area contributed by atoms with E-state index in [2.05, 4.69) is 12.2 Å². The second kappa shape index (κ2) is 5.91. The van der Waals surface area contributed by atoms with Crippen LogP contribution in [0.2, 0.25) is 0 Å². The van der Waals surface area contributed by atoms with Crippen LogP contribution in [0, 0.1) is 29.1 Å². The lowest BCUT2D eigenvalue weighted by Gasteiger charge is -2.08. The lowest BCUT2D eigenvalue weighted by molar-refractivity contribution is 0.0943. The SMILES string of the molecule is NC(=S)CCNC(=O)c1c(F)c(F)c(F)c(F)c1F. The Morgan fingerprint density at radius 2 is 1.42 bits per heavy atom. The van der Waals surface area contributed by atoms with Crippen molar-refractivity contribution in [1.82, 2.24) is 5.32 Å². The van der Waals surface area contributed by atoms with Gasteiger partial charge in [0, 0.05) is 13.0 Å². The molecular weight excluding hydrogens is 291 g/mol. The molecule has 0 saturated heterocycles. The predicted molar refractivity (Wildman–Crippen MR) is 60.0 cm³/mol. The van der Waals surface area contributed by atoms with Crippen LogP contribution in [0.3, 0.4) is 0 Å². The Morgan fingerprint density at radius 1 is 1.00 bits per heavy atom. The summed E-state index contributed by atoms with van der Waals surface area (Å²) in [5.41, 5.74) is 3.57.